The van der Waals surface area contributed by atoms with Gasteiger partial charge in [-0.2, -0.15) is 5.26 Å². The molecule has 0 radical (unpaired) electrons. The molecule has 20 heavy (non-hydrogen) atoms. The Balaban J connectivity index is 2.24. The Morgan fingerprint density at radius 3 is 2.85 bits per heavy atom. The predicted molar refractivity (Wildman–Crippen MR) is 74.6 cm³/mol. The summed E-state index contributed by atoms with van der Waals surface area (Å²) in [5.41, 5.74) is 1.86. The SMILES string of the molecule is COc1cccc(NC(=O)c2cc(C#N)cc(C)n2)c1. The van der Waals surface area contributed by atoms with E-state index in [0.717, 1.165) is 0 Å². The lowest BCUT2D eigenvalue weighted by molar-refractivity contribution is 0.102. The van der Waals surface area contributed by atoms with Crippen molar-refractivity contribution in [2.24, 2.45) is 0 Å². The number of methoxy groups -OCH3 is 1. The van der Waals surface area contributed by atoms with Gasteiger partial charge in [-0.15, -0.1) is 0 Å². The number of pyridine rings is 1. The maximum atomic E-state index is 12.1. The van der Waals surface area contributed by atoms with Gasteiger partial charge >= 0.3 is 0 Å². The number of hydrogen-bond donors (Lipinski definition) is 1. The summed E-state index contributed by atoms with van der Waals surface area (Å²) >= 11 is 0. The van der Waals surface area contributed by atoms with E-state index >= 15 is 0 Å². The van der Waals surface area contributed by atoms with E-state index in [0.29, 0.717) is 22.7 Å². The monoisotopic (exact) mass is 267 g/mol. The number of carbonyl (C=O) groups excluding carboxylic acids is 1. The normalized spacial score (nSPS) is 9.65. The molecule has 0 atom stereocenters. The summed E-state index contributed by atoms with van der Waals surface area (Å²) < 4.78 is 5.09. The quantitative estimate of drug-likeness (QED) is 0.927. The second-order valence-electron chi connectivity index (χ2n) is 4.18. The number of amides is 1. The van der Waals surface area contributed by atoms with Crippen molar-refractivity contribution in [2.75, 3.05) is 12.4 Å². The highest BCUT2D eigenvalue weighted by Crippen LogP contribution is 2.17. The third-order valence-corrected chi connectivity index (χ3v) is 2.64. The fourth-order valence-corrected chi connectivity index (χ4v) is 1.75. The van der Waals surface area contributed by atoms with E-state index in [2.05, 4.69) is 10.3 Å². The topological polar surface area (TPSA) is 75.0 Å². The van der Waals surface area contributed by atoms with Crippen molar-refractivity contribution in [3.8, 4) is 11.8 Å². The molecule has 0 unspecified atom stereocenters. The highest BCUT2D eigenvalue weighted by atomic mass is 16.5. The zero-order valence-electron chi connectivity index (χ0n) is 11.2. The fourth-order valence-electron chi connectivity index (χ4n) is 1.75. The van der Waals surface area contributed by atoms with Gasteiger partial charge < -0.3 is 10.1 Å². The van der Waals surface area contributed by atoms with Gasteiger partial charge in [0, 0.05) is 17.4 Å². The van der Waals surface area contributed by atoms with E-state index in [-0.39, 0.29) is 11.6 Å². The zero-order chi connectivity index (χ0) is 14.5. The molecule has 0 spiro atoms. The molecule has 5 nitrogen and oxygen atoms in total. The number of ether oxygens (including phenoxy) is 1. The van der Waals surface area contributed by atoms with Crippen molar-refractivity contribution >= 4 is 11.6 Å². The number of benzene rings is 1. The van der Waals surface area contributed by atoms with Gasteiger partial charge in [-0.3, -0.25) is 4.79 Å². The minimum atomic E-state index is -0.363. The summed E-state index contributed by atoms with van der Waals surface area (Å²) in [7, 11) is 1.56. The smallest absolute Gasteiger partial charge is 0.274 e. The Labute approximate surface area is 116 Å². The van der Waals surface area contributed by atoms with Gasteiger partial charge in [0.2, 0.25) is 0 Å². The Bertz CT molecular complexity index is 690. The van der Waals surface area contributed by atoms with Gasteiger partial charge in [-0.25, -0.2) is 4.98 Å². The van der Waals surface area contributed by atoms with Crippen LogP contribution < -0.4 is 10.1 Å². The highest BCUT2D eigenvalue weighted by molar-refractivity contribution is 6.03. The maximum absolute atomic E-state index is 12.1. The van der Waals surface area contributed by atoms with Gasteiger partial charge in [0.15, 0.2) is 0 Å². The Morgan fingerprint density at radius 1 is 1.35 bits per heavy atom. The third kappa shape index (κ3) is 3.12. The Hall–Kier alpha value is -2.87. The molecule has 1 amide bonds. The van der Waals surface area contributed by atoms with E-state index in [1.807, 2.05) is 6.07 Å². The molecule has 5 heteroatoms. The lowest BCUT2D eigenvalue weighted by Gasteiger charge is -2.07. The Kier molecular flexibility index (Phi) is 3.96. The first-order valence-electron chi connectivity index (χ1n) is 5.96. The molecule has 100 valence electrons. The second-order valence-corrected chi connectivity index (χ2v) is 4.18. The molecule has 1 aromatic heterocycles. The van der Waals surface area contributed by atoms with Crippen LogP contribution in [0.4, 0.5) is 5.69 Å². The highest BCUT2D eigenvalue weighted by Gasteiger charge is 2.10. The first-order valence-corrected chi connectivity index (χ1v) is 5.96. The summed E-state index contributed by atoms with van der Waals surface area (Å²) in [5, 5.41) is 11.6. The van der Waals surface area contributed by atoms with Crippen LogP contribution >= 0.6 is 0 Å². The predicted octanol–water partition coefficient (Wildman–Crippen LogP) is 2.52. The van der Waals surface area contributed by atoms with Gasteiger partial charge in [-0.1, -0.05) is 6.07 Å². The summed E-state index contributed by atoms with van der Waals surface area (Å²) in [4.78, 5) is 16.2. The number of nitrogens with one attached hydrogen (secondary N) is 1. The molecule has 0 aliphatic heterocycles. The molecule has 0 bridgehead atoms. The van der Waals surface area contributed by atoms with Gasteiger partial charge in [-0.05, 0) is 31.2 Å². The third-order valence-electron chi connectivity index (χ3n) is 2.64. The summed E-state index contributed by atoms with van der Waals surface area (Å²) in [6.45, 7) is 1.74. The summed E-state index contributed by atoms with van der Waals surface area (Å²) in [6.07, 6.45) is 0. The standard InChI is InChI=1S/C15H13N3O2/c1-10-6-11(9-16)7-14(17-10)15(19)18-12-4-3-5-13(8-12)20-2/h3-8H,1-2H3,(H,18,19). The molecule has 0 saturated carbocycles. The van der Waals surface area contributed by atoms with Gasteiger partial charge in [0.05, 0.1) is 18.7 Å². The molecule has 0 saturated heterocycles. The van der Waals surface area contributed by atoms with Gasteiger partial charge in [0.25, 0.3) is 5.91 Å². The first kappa shape index (κ1) is 13.6. The van der Waals surface area contributed by atoms with Crippen LogP contribution in [0.3, 0.4) is 0 Å². The summed E-state index contributed by atoms with van der Waals surface area (Å²) in [6, 6.07) is 12.1. The zero-order valence-corrected chi connectivity index (χ0v) is 11.2. The van der Waals surface area contributed by atoms with Crippen molar-refractivity contribution in [3.63, 3.8) is 0 Å². The average molecular weight is 267 g/mol. The van der Waals surface area contributed by atoms with Crippen LogP contribution in [0, 0.1) is 18.3 Å². The molecular weight excluding hydrogens is 254 g/mol. The fraction of sp³-hybridized carbons (Fsp3) is 0.133. The molecule has 1 aromatic carbocycles. The molecule has 0 aliphatic carbocycles. The van der Waals surface area contributed by atoms with E-state index in [4.69, 9.17) is 10.00 Å². The number of nitrogens with zero attached hydrogens (tertiary/aromatic N) is 2. The van der Waals surface area contributed by atoms with E-state index in [1.165, 1.54) is 6.07 Å². The molecule has 2 rings (SSSR count). The largest absolute Gasteiger partial charge is 0.497 e. The Morgan fingerprint density at radius 2 is 2.15 bits per heavy atom. The maximum Gasteiger partial charge on any atom is 0.274 e. The molecule has 0 fully saturated rings. The van der Waals surface area contributed by atoms with E-state index in [9.17, 15) is 4.79 Å². The lowest BCUT2D eigenvalue weighted by atomic mass is 10.2. The van der Waals surface area contributed by atoms with E-state index in [1.54, 1.807) is 44.4 Å². The average Bonchev–Trinajstić information content (AvgIpc) is 2.46. The molecule has 0 aliphatic rings. The number of nitriles is 1. The van der Waals surface area contributed by atoms with Crippen LogP contribution in [-0.4, -0.2) is 18.0 Å². The molecule has 2 aromatic rings. The van der Waals surface area contributed by atoms with Crippen molar-refractivity contribution in [1.29, 1.82) is 5.26 Å². The van der Waals surface area contributed by atoms with Gasteiger partial charge in [0.1, 0.15) is 11.4 Å². The van der Waals surface area contributed by atoms with E-state index < -0.39 is 0 Å². The summed E-state index contributed by atoms with van der Waals surface area (Å²) in [5.74, 6) is 0.288. The van der Waals surface area contributed by atoms with Crippen LogP contribution in [0.25, 0.3) is 0 Å². The number of hydrogen-bond acceptors (Lipinski definition) is 4. The minimum absolute atomic E-state index is 0.212. The van der Waals surface area contributed by atoms with Crippen molar-refractivity contribution in [3.05, 3.63) is 53.3 Å². The minimum Gasteiger partial charge on any atom is -0.497 e. The van der Waals surface area contributed by atoms with Crippen molar-refractivity contribution in [2.45, 2.75) is 6.92 Å². The molecular formula is C15H13N3O2. The van der Waals surface area contributed by atoms with Crippen LogP contribution in [0.15, 0.2) is 36.4 Å². The van der Waals surface area contributed by atoms with Crippen LogP contribution in [-0.2, 0) is 0 Å². The second kappa shape index (κ2) is 5.85. The number of carbonyl (C=O) groups is 1. The van der Waals surface area contributed by atoms with Crippen LogP contribution in [0.5, 0.6) is 5.75 Å². The molecule has 1 N–H and O–H groups in total. The van der Waals surface area contributed by atoms with Crippen LogP contribution in [0.1, 0.15) is 21.7 Å². The number of aryl methyl sites for hydroxylation is 1. The van der Waals surface area contributed by atoms with Crippen molar-refractivity contribution in [1.82, 2.24) is 4.98 Å². The number of anilines is 1. The molecule has 1 heterocycles. The first-order chi connectivity index (χ1) is 9.62. The van der Waals surface area contributed by atoms with Crippen LogP contribution in [0.2, 0.25) is 0 Å². The number of rotatable bonds is 3. The number of aromatic nitrogens is 1. The van der Waals surface area contributed by atoms with Crippen molar-refractivity contribution < 1.29 is 9.53 Å². The lowest BCUT2D eigenvalue weighted by Crippen LogP contribution is -2.14.